The maximum Gasteiger partial charge on any atom is 0.267 e. The summed E-state index contributed by atoms with van der Waals surface area (Å²) in [5, 5.41) is 8.90. The van der Waals surface area contributed by atoms with E-state index in [4.69, 9.17) is 16.3 Å². The Morgan fingerprint density at radius 2 is 1.87 bits per heavy atom. The first-order valence-corrected chi connectivity index (χ1v) is 10.6. The Hall–Kier alpha value is -2.70. The predicted molar refractivity (Wildman–Crippen MR) is 118 cm³/mol. The quantitative estimate of drug-likeness (QED) is 0.640. The molecule has 4 rings (SSSR count). The van der Waals surface area contributed by atoms with E-state index in [0.29, 0.717) is 23.4 Å². The van der Waals surface area contributed by atoms with Crippen LogP contribution in [0.2, 0.25) is 5.02 Å². The fourth-order valence-electron chi connectivity index (χ4n) is 3.99. The van der Waals surface area contributed by atoms with Crippen LogP contribution >= 0.6 is 11.6 Å². The van der Waals surface area contributed by atoms with Crippen molar-refractivity contribution in [1.82, 2.24) is 20.1 Å². The van der Waals surface area contributed by atoms with Crippen LogP contribution in [0.4, 0.5) is 0 Å². The van der Waals surface area contributed by atoms with Crippen LogP contribution in [0, 0.1) is 0 Å². The molecular formula is C23H25ClN4O2. The summed E-state index contributed by atoms with van der Waals surface area (Å²) in [7, 11) is 1.62. The molecule has 30 heavy (non-hydrogen) atoms. The van der Waals surface area contributed by atoms with Gasteiger partial charge in [0.2, 0.25) is 0 Å². The second kappa shape index (κ2) is 9.41. The van der Waals surface area contributed by atoms with Gasteiger partial charge in [0.1, 0.15) is 5.75 Å². The molecule has 7 heteroatoms. The minimum absolute atomic E-state index is 0.0487. The summed E-state index contributed by atoms with van der Waals surface area (Å²) in [5.74, 6) is 0.694. The Balaban J connectivity index is 1.39. The summed E-state index contributed by atoms with van der Waals surface area (Å²) in [4.78, 5) is 16.5. The van der Waals surface area contributed by atoms with Crippen molar-refractivity contribution < 1.29 is 4.74 Å². The van der Waals surface area contributed by atoms with Gasteiger partial charge in [-0.25, -0.2) is 4.68 Å². The van der Waals surface area contributed by atoms with Gasteiger partial charge in [-0.05, 0) is 55.5 Å². The fourth-order valence-corrected chi connectivity index (χ4v) is 4.26. The van der Waals surface area contributed by atoms with Gasteiger partial charge in [-0.3, -0.25) is 9.78 Å². The van der Waals surface area contributed by atoms with Crippen molar-refractivity contribution in [1.29, 1.82) is 0 Å². The van der Waals surface area contributed by atoms with Crippen molar-refractivity contribution in [3.05, 3.63) is 75.8 Å². The zero-order valence-electron chi connectivity index (χ0n) is 16.9. The van der Waals surface area contributed by atoms with Crippen molar-refractivity contribution >= 4 is 11.6 Å². The number of nitrogens with zero attached hydrogens (tertiary/aromatic N) is 3. The maximum atomic E-state index is 12.4. The standard InChI is InChI=1S/C23H25ClN4O2/c1-30-21-4-2-3-17(23(21)24)15-26-18-5-7-19(8-6-18)28-22(29)10-9-20(27-28)16-11-13-25-14-12-16/h2-4,9-14,18-19,26H,5-8,15H2,1H3. The molecule has 1 fully saturated rings. The smallest absolute Gasteiger partial charge is 0.267 e. The number of pyridine rings is 1. The topological polar surface area (TPSA) is 69.0 Å². The van der Waals surface area contributed by atoms with Gasteiger partial charge in [-0.15, -0.1) is 0 Å². The first-order chi connectivity index (χ1) is 14.7. The number of halogens is 1. The molecule has 2 heterocycles. The molecule has 2 aromatic heterocycles. The van der Waals surface area contributed by atoms with Crippen LogP contribution in [0.25, 0.3) is 11.3 Å². The molecule has 0 aliphatic heterocycles. The number of aromatic nitrogens is 3. The van der Waals surface area contributed by atoms with E-state index in [9.17, 15) is 4.79 Å². The van der Waals surface area contributed by atoms with E-state index in [1.54, 1.807) is 36.3 Å². The van der Waals surface area contributed by atoms with Crippen molar-refractivity contribution in [2.24, 2.45) is 0 Å². The summed E-state index contributed by atoms with van der Waals surface area (Å²) < 4.78 is 6.95. The lowest BCUT2D eigenvalue weighted by molar-refractivity contribution is 0.269. The minimum atomic E-state index is -0.0487. The van der Waals surface area contributed by atoms with Crippen LogP contribution in [-0.4, -0.2) is 27.9 Å². The molecule has 0 unspecified atom stereocenters. The van der Waals surface area contributed by atoms with Gasteiger partial charge >= 0.3 is 0 Å². The van der Waals surface area contributed by atoms with E-state index in [2.05, 4.69) is 15.4 Å². The Morgan fingerprint density at radius 3 is 2.60 bits per heavy atom. The summed E-state index contributed by atoms with van der Waals surface area (Å²) in [6, 6.07) is 13.5. The molecule has 0 atom stereocenters. The van der Waals surface area contributed by atoms with Crippen molar-refractivity contribution in [3.63, 3.8) is 0 Å². The molecular weight excluding hydrogens is 400 g/mol. The third-order valence-electron chi connectivity index (χ3n) is 5.69. The lowest BCUT2D eigenvalue weighted by Crippen LogP contribution is -2.36. The number of benzene rings is 1. The summed E-state index contributed by atoms with van der Waals surface area (Å²) in [6.45, 7) is 0.696. The number of hydrogen-bond donors (Lipinski definition) is 1. The maximum absolute atomic E-state index is 12.4. The van der Waals surface area contributed by atoms with Crippen LogP contribution in [0.5, 0.6) is 5.75 Å². The fraction of sp³-hybridized carbons (Fsp3) is 0.348. The van der Waals surface area contributed by atoms with Crippen LogP contribution in [0.1, 0.15) is 37.3 Å². The van der Waals surface area contributed by atoms with E-state index < -0.39 is 0 Å². The Labute approximate surface area is 180 Å². The van der Waals surface area contributed by atoms with Gasteiger partial charge in [0, 0.05) is 36.6 Å². The zero-order chi connectivity index (χ0) is 20.9. The highest BCUT2D eigenvalue weighted by molar-refractivity contribution is 6.32. The third-order valence-corrected chi connectivity index (χ3v) is 6.12. The lowest BCUT2D eigenvalue weighted by Gasteiger charge is -2.30. The minimum Gasteiger partial charge on any atom is -0.495 e. The molecule has 0 amide bonds. The van der Waals surface area contributed by atoms with Gasteiger partial charge in [0.15, 0.2) is 0 Å². The zero-order valence-corrected chi connectivity index (χ0v) is 17.7. The Bertz CT molecular complexity index is 1050. The van der Waals surface area contributed by atoms with E-state index in [0.717, 1.165) is 42.5 Å². The Morgan fingerprint density at radius 1 is 1.10 bits per heavy atom. The predicted octanol–water partition coefficient (Wildman–Crippen LogP) is 4.24. The first kappa shape index (κ1) is 20.6. The van der Waals surface area contributed by atoms with Gasteiger partial charge in [0.25, 0.3) is 5.56 Å². The third kappa shape index (κ3) is 4.55. The summed E-state index contributed by atoms with van der Waals surface area (Å²) in [5.41, 5.74) is 2.74. The van der Waals surface area contributed by atoms with E-state index in [1.807, 2.05) is 30.3 Å². The molecule has 1 N–H and O–H groups in total. The second-order valence-corrected chi connectivity index (χ2v) is 7.93. The number of rotatable bonds is 6. The van der Waals surface area contributed by atoms with E-state index in [-0.39, 0.29) is 11.6 Å². The molecule has 1 aromatic carbocycles. The molecule has 0 bridgehead atoms. The molecule has 156 valence electrons. The summed E-state index contributed by atoms with van der Waals surface area (Å²) >= 11 is 6.40. The normalized spacial score (nSPS) is 18.9. The highest BCUT2D eigenvalue weighted by Crippen LogP contribution is 2.30. The molecule has 3 aromatic rings. The van der Waals surface area contributed by atoms with E-state index >= 15 is 0 Å². The number of ether oxygens (including phenoxy) is 1. The van der Waals surface area contributed by atoms with Crippen LogP contribution < -0.4 is 15.6 Å². The highest BCUT2D eigenvalue weighted by Gasteiger charge is 2.24. The van der Waals surface area contributed by atoms with E-state index in [1.165, 1.54) is 0 Å². The number of methoxy groups -OCH3 is 1. The Kier molecular flexibility index (Phi) is 6.45. The van der Waals surface area contributed by atoms with Crippen molar-refractivity contribution in [2.75, 3.05) is 7.11 Å². The van der Waals surface area contributed by atoms with Gasteiger partial charge in [-0.1, -0.05) is 23.7 Å². The lowest BCUT2D eigenvalue weighted by atomic mass is 9.91. The average molecular weight is 425 g/mol. The van der Waals surface area contributed by atoms with Gasteiger partial charge in [0.05, 0.1) is 23.9 Å². The van der Waals surface area contributed by atoms with Crippen LogP contribution in [0.3, 0.4) is 0 Å². The monoisotopic (exact) mass is 424 g/mol. The van der Waals surface area contributed by atoms with Crippen LogP contribution in [-0.2, 0) is 6.54 Å². The average Bonchev–Trinajstić information content (AvgIpc) is 2.80. The molecule has 0 spiro atoms. The molecule has 1 saturated carbocycles. The SMILES string of the molecule is COc1cccc(CNC2CCC(n3nc(-c4ccncc4)ccc3=O)CC2)c1Cl. The number of hydrogen-bond acceptors (Lipinski definition) is 5. The highest BCUT2D eigenvalue weighted by atomic mass is 35.5. The number of nitrogens with one attached hydrogen (secondary N) is 1. The molecule has 6 nitrogen and oxygen atoms in total. The van der Waals surface area contributed by atoms with Gasteiger partial charge in [-0.2, -0.15) is 5.10 Å². The van der Waals surface area contributed by atoms with Crippen LogP contribution in [0.15, 0.2) is 59.7 Å². The molecule has 0 radical (unpaired) electrons. The van der Waals surface area contributed by atoms with Crippen molar-refractivity contribution in [2.45, 2.75) is 44.3 Å². The van der Waals surface area contributed by atoms with Gasteiger partial charge < -0.3 is 10.1 Å². The first-order valence-electron chi connectivity index (χ1n) is 10.2. The summed E-state index contributed by atoms with van der Waals surface area (Å²) in [6.07, 6.45) is 7.27. The largest absolute Gasteiger partial charge is 0.495 e. The molecule has 1 aliphatic carbocycles. The molecule has 0 saturated heterocycles. The molecule has 1 aliphatic rings. The van der Waals surface area contributed by atoms with Crippen molar-refractivity contribution in [3.8, 4) is 17.0 Å². The second-order valence-electron chi connectivity index (χ2n) is 7.56.